The van der Waals surface area contributed by atoms with Gasteiger partial charge >= 0.3 is 0 Å². The molecular weight excluding hydrogens is 241 g/mol. The van der Waals surface area contributed by atoms with E-state index in [2.05, 4.69) is 26.1 Å². The van der Waals surface area contributed by atoms with Crippen molar-refractivity contribution < 1.29 is 9.13 Å². The van der Waals surface area contributed by atoms with Gasteiger partial charge in [-0.1, -0.05) is 20.8 Å². The number of nitrogens with one attached hydrogen (secondary N) is 1. The molecule has 2 nitrogen and oxygen atoms in total. The van der Waals surface area contributed by atoms with Crippen LogP contribution in [0, 0.1) is 11.7 Å². The molecule has 0 amide bonds. The molecule has 1 aromatic rings. The second-order valence-electron chi connectivity index (χ2n) is 5.94. The van der Waals surface area contributed by atoms with Gasteiger partial charge in [0.05, 0.1) is 0 Å². The molecule has 2 rings (SSSR count). The maximum Gasteiger partial charge on any atom is 0.123 e. The van der Waals surface area contributed by atoms with Crippen LogP contribution in [0.25, 0.3) is 0 Å². The van der Waals surface area contributed by atoms with Gasteiger partial charge in [-0.05, 0) is 43.5 Å². The minimum atomic E-state index is -0.169. The van der Waals surface area contributed by atoms with Crippen LogP contribution in [0.2, 0.25) is 0 Å². The van der Waals surface area contributed by atoms with Gasteiger partial charge in [0.2, 0.25) is 0 Å². The van der Waals surface area contributed by atoms with E-state index in [-0.39, 0.29) is 11.9 Å². The van der Waals surface area contributed by atoms with Gasteiger partial charge in [0.25, 0.3) is 0 Å². The average Bonchev–Trinajstić information content (AvgIpc) is 2.75. The predicted octanol–water partition coefficient (Wildman–Crippen LogP) is 3.54. The Hall–Kier alpha value is -1.09. The molecule has 19 heavy (non-hydrogen) atoms. The number of hydrogen-bond donors (Lipinski definition) is 1. The van der Waals surface area contributed by atoms with E-state index < -0.39 is 0 Å². The highest BCUT2D eigenvalue weighted by Crippen LogP contribution is 2.31. The van der Waals surface area contributed by atoms with Gasteiger partial charge in [-0.25, -0.2) is 4.39 Å². The fraction of sp³-hybridized carbons (Fsp3) is 0.625. The minimum absolute atomic E-state index is 0.169. The predicted molar refractivity (Wildman–Crippen MR) is 76.1 cm³/mol. The summed E-state index contributed by atoms with van der Waals surface area (Å²) in [6.07, 6.45) is 3.24. The van der Waals surface area contributed by atoms with Crippen molar-refractivity contribution >= 4 is 0 Å². The largest absolute Gasteiger partial charge is 0.490 e. The Morgan fingerprint density at radius 1 is 1.37 bits per heavy atom. The first kappa shape index (κ1) is 14.3. The highest BCUT2D eigenvalue weighted by Gasteiger charge is 2.23. The zero-order valence-electron chi connectivity index (χ0n) is 12.1. The maximum absolute atomic E-state index is 13.1. The molecule has 0 radical (unpaired) electrons. The van der Waals surface area contributed by atoms with E-state index in [1.54, 1.807) is 12.1 Å². The molecule has 0 spiro atoms. The number of fused-ring (bicyclic) bond motifs is 1. The highest BCUT2D eigenvalue weighted by atomic mass is 19.1. The summed E-state index contributed by atoms with van der Waals surface area (Å²) in [4.78, 5) is 0. The zero-order chi connectivity index (χ0) is 13.8. The van der Waals surface area contributed by atoms with Crippen molar-refractivity contribution in [2.45, 2.75) is 52.2 Å². The average molecular weight is 265 g/mol. The van der Waals surface area contributed by atoms with Crippen molar-refractivity contribution in [2.24, 2.45) is 5.92 Å². The molecule has 1 N–H and O–H groups in total. The summed E-state index contributed by atoms with van der Waals surface area (Å²) in [6, 6.07) is 5.35. The van der Waals surface area contributed by atoms with Crippen molar-refractivity contribution in [2.75, 3.05) is 6.54 Å². The Bertz CT molecular complexity index is 419. The highest BCUT2D eigenvalue weighted by molar-refractivity contribution is 5.37. The number of hydrogen-bond acceptors (Lipinski definition) is 2. The van der Waals surface area contributed by atoms with E-state index in [0.717, 1.165) is 37.1 Å². The molecule has 0 bridgehead atoms. The second-order valence-corrected chi connectivity index (χ2v) is 5.94. The van der Waals surface area contributed by atoms with Crippen molar-refractivity contribution in [3.8, 4) is 5.75 Å². The molecule has 1 heterocycles. The van der Waals surface area contributed by atoms with Gasteiger partial charge in [-0.3, -0.25) is 0 Å². The van der Waals surface area contributed by atoms with Gasteiger partial charge in [0.15, 0.2) is 0 Å². The van der Waals surface area contributed by atoms with Crippen molar-refractivity contribution in [1.29, 1.82) is 0 Å². The van der Waals surface area contributed by atoms with Crippen LogP contribution < -0.4 is 10.1 Å². The Labute approximate surface area is 115 Å². The van der Waals surface area contributed by atoms with Crippen LogP contribution in [0.1, 0.15) is 39.2 Å². The number of ether oxygens (including phenoxy) is 1. The molecule has 0 saturated carbocycles. The summed E-state index contributed by atoms with van der Waals surface area (Å²) < 4.78 is 19.0. The van der Waals surface area contributed by atoms with Crippen LogP contribution in [0.3, 0.4) is 0 Å². The monoisotopic (exact) mass is 265 g/mol. The van der Waals surface area contributed by atoms with Gasteiger partial charge in [-0.15, -0.1) is 0 Å². The molecule has 3 heteroatoms. The molecule has 1 aliphatic heterocycles. The summed E-state index contributed by atoms with van der Waals surface area (Å²) in [5, 5.41) is 3.45. The summed E-state index contributed by atoms with van der Waals surface area (Å²) >= 11 is 0. The fourth-order valence-electron chi connectivity index (χ4n) is 2.46. The van der Waals surface area contributed by atoms with Crippen LogP contribution in [-0.4, -0.2) is 18.7 Å². The third-order valence-electron chi connectivity index (χ3n) is 3.62. The number of benzene rings is 1. The standard InChI is InChI=1S/C16H24FNO/c1-11(2)18-10-12(3)4-6-15-9-13-8-14(17)5-7-16(13)19-15/h5,7-8,11-12,15,18H,4,6,9-10H2,1-3H3. The van der Waals surface area contributed by atoms with Crippen LogP contribution in [0.5, 0.6) is 5.75 Å². The summed E-state index contributed by atoms with van der Waals surface area (Å²) in [5.41, 5.74) is 1.01. The zero-order valence-corrected chi connectivity index (χ0v) is 12.1. The first-order chi connectivity index (χ1) is 9.04. The third kappa shape index (κ3) is 4.20. The van der Waals surface area contributed by atoms with E-state index in [1.165, 1.54) is 6.07 Å². The second kappa shape index (κ2) is 6.38. The van der Waals surface area contributed by atoms with Crippen molar-refractivity contribution in [3.63, 3.8) is 0 Å². The lowest BCUT2D eigenvalue weighted by atomic mass is 10.00. The van der Waals surface area contributed by atoms with Gasteiger partial charge in [0, 0.05) is 18.0 Å². The lowest BCUT2D eigenvalue weighted by Gasteiger charge is -2.17. The normalized spacial score (nSPS) is 19.3. The maximum atomic E-state index is 13.1. The summed E-state index contributed by atoms with van der Waals surface area (Å²) in [5.74, 6) is 1.34. The molecule has 2 unspecified atom stereocenters. The Morgan fingerprint density at radius 2 is 2.16 bits per heavy atom. The van der Waals surface area contributed by atoms with Gasteiger partial charge in [0.1, 0.15) is 17.7 Å². The van der Waals surface area contributed by atoms with Gasteiger partial charge in [-0.2, -0.15) is 0 Å². The molecule has 106 valence electrons. The molecule has 0 aliphatic carbocycles. The first-order valence-electron chi connectivity index (χ1n) is 7.23. The molecule has 0 fully saturated rings. The lowest BCUT2D eigenvalue weighted by Crippen LogP contribution is -2.28. The minimum Gasteiger partial charge on any atom is -0.490 e. The van der Waals surface area contributed by atoms with E-state index in [4.69, 9.17) is 4.74 Å². The van der Waals surface area contributed by atoms with Crippen LogP contribution in [0.4, 0.5) is 4.39 Å². The molecule has 1 aromatic carbocycles. The molecule has 1 aliphatic rings. The number of halogens is 1. The smallest absolute Gasteiger partial charge is 0.123 e. The van der Waals surface area contributed by atoms with E-state index in [9.17, 15) is 4.39 Å². The lowest BCUT2D eigenvalue weighted by molar-refractivity contribution is 0.208. The SMILES string of the molecule is CC(CCC1Cc2cc(F)ccc2O1)CNC(C)C. The van der Waals surface area contributed by atoms with Crippen molar-refractivity contribution in [3.05, 3.63) is 29.6 Å². The van der Waals surface area contributed by atoms with E-state index in [0.29, 0.717) is 12.0 Å². The van der Waals surface area contributed by atoms with Gasteiger partial charge < -0.3 is 10.1 Å². The molecule has 2 atom stereocenters. The Balaban J connectivity index is 1.75. The Kier molecular flexibility index (Phi) is 4.81. The quantitative estimate of drug-likeness (QED) is 0.849. The molecule has 0 aromatic heterocycles. The van der Waals surface area contributed by atoms with Crippen LogP contribution in [-0.2, 0) is 6.42 Å². The first-order valence-corrected chi connectivity index (χ1v) is 7.23. The molecule has 0 saturated heterocycles. The summed E-state index contributed by atoms with van der Waals surface area (Å²) in [6.45, 7) is 7.64. The van der Waals surface area contributed by atoms with E-state index in [1.807, 2.05) is 0 Å². The number of rotatable bonds is 6. The molecular formula is C16H24FNO. The van der Waals surface area contributed by atoms with Crippen LogP contribution >= 0.6 is 0 Å². The van der Waals surface area contributed by atoms with Crippen LogP contribution in [0.15, 0.2) is 18.2 Å². The Morgan fingerprint density at radius 3 is 2.89 bits per heavy atom. The third-order valence-corrected chi connectivity index (χ3v) is 3.62. The summed E-state index contributed by atoms with van der Waals surface area (Å²) in [7, 11) is 0. The van der Waals surface area contributed by atoms with E-state index >= 15 is 0 Å². The topological polar surface area (TPSA) is 21.3 Å². The fourth-order valence-corrected chi connectivity index (χ4v) is 2.46. The van der Waals surface area contributed by atoms with Crippen molar-refractivity contribution in [1.82, 2.24) is 5.32 Å².